The van der Waals surface area contributed by atoms with Crippen LogP contribution in [-0.2, 0) is 0 Å². The average Bonchev–Trinajstić information content (AvgIpc) is 2.75. The maximum absolute atomic E-state index is 11.6. The van der Waals surface area contributed by atoms with Crippen molar-refractivity contribution < 1.29 is 0 Å². The van der Waals surface area contributed by atoms with Crippen LogP contribution in [0.3, 0.4) is 0 Å². The van der Waals surface area contributed by atoms with Gasteiger partial charge in [0.1, 0.15) is 0 Å². The van der Waals surface area contributed by atoms with E-state index in [0.29, 0.717) is 5.39 Å². The first-order valence-electron chi connectivity index (χ1n) is 5.10. The molecule has 3 heteroatoms. The monoisotopic (exact) mass is 210 g/mol. The number of aromatic amines is 1. The molecule has 3 nitrogen and oxygen atoms in total. The zero-order valence-electron chi connectivity index (χ0n) is 8.55. The summed E-state index contributed by atoms with van der Waals surface area (Å²) < 4.78 is 2.00. The highest BCUT2D eigenvalue weighted by molar-refractivity contribution is 5.80. The Morgan fingerprint density at radius 2 is 1.81 bits per heavy atom. The summed E-state index contributed by atoms with van der Waals surface area (Å²) in [7, 11) is 0. The Hall–Kier alpha value is -2.29. The van der Waals surface area contributed by atoms with Crippen LogP contribution in [0.4, 0.5) is 0 Å². The minimum absolute atomic E-state index is 0.0489. The fourth-order valence-corrected chi connectivity index (χ4v) is 1.89. The normalized spacial score (nSPS) is 10.8. The zero-order chi connectivity index (χ0) is 11.0. The molecule has 0 aliphatic rings. The molecule has 1 N–H and O–H groups in total. The van der Waals surface area contributed by atoms with E-state index < -0.39 is 0 Å². The zero-order valence-corrected chi connectivity index (χ0v) is 8.55. The number of nitrogens with one attached hydrogen (secondary N) is 1. The van der Waals surface area contributed by atoms with Gasteiger partial charge in [0.2, 0.25) is 0 Å². The Morgan fingerprint density at radius 3 is 2.62 bits per heavy atom. The third-order valence-corrected chi connectivity index (χ3v) is 2.66. The van der Waals surface area contributed by atoms with Crippen molar-refractivity contribution in [2.24, 2.45) is 0 Å². The second-order valence-electron chi connectivity index (χ2n) is 3.63. The SMILES string of the molecule is O=c1[nH]ccc2c1ccn2-c1ccccc1. The number of para-hydroxylation sites is 1. The van der Waals surface area contributed by atoms with Crippen molar-refractivity contribution in [1.29, 1.82) is 0 Å². The quantitative estimate of drug-likeness (QED) is 0.657. The molecule has 0 atom stereocenters. The molecule has 16 heavy (non-hydrogen) atoms. The van der Waals surface area contributed by atoms with E-state index in [0.717, 1.165) is 11.2 Å². The predicted octanol–water partition coefficient (Wildman–Crippen LogP) is 2.32. The number of benzene rings is 1. The topological polar surface area (TPSA) is 37.8 Å². The van der Waals surface area contributed by atoms with Crippen LogP contribution in [-0.4, -0.2) is 9.55 Å². The fourth-order valence-electron chi connectivity index (χ4n) is 1.89. The summed E-state index contributed by atoms with van der Waals surface area (Å²) in [5.41, 5.74) is 1.94. The number of nitrogens with zero attached hydrogens (tertiary/aromatic N) is 1. The van der Waals surface area contributed by atoms with Gasteiger partial charge in [0.05, 0.1) is 10.9 Å². The Kier molecular flexibility index (Phi) is 1.90. The molecule has 0 spiro atoms. The van der Waals surface area contributed by atoms with Crippen molar-refractivity contribution in [2.75, 3.05) is 0 Å². The number of H-pyrrole nitrogens is 1. The van der Waals surface area contributed by atoms with Crippen molar-refractivity contribution in [3.8, 4) is 5.69 Å². The molecule has 0 saturated heterocycles. The molecule has 0 radical (unpaired) electrons. The van der Waals surface area contributed by atoms with E-state index in [2.05, 4.69) is 4.98 Å². The number of hydrogen-bond acceptors (Lipinski definition) is 1. The van der Waals surface area contributed by atoms with E-state index >= 15 is 0 Å². The first-order chi connectivity index (χ1) is 7.86. The lowest BCUT2D eigenvalue weighted by Crippen LogP contribution is -2.03. The van der Waals surface area contributed by atoms with E-state index in [-0.39, 0.29) is 5.56 Å². The van der Waals surface area contributed by atoms with Crippen LogP contribution >= 0.6 is 0 Å². The molecule has 0 aliphatic heterocycles. The number of pyridine rings is 1. The van der Waals surface area contributed by atoms with Crippen LogP contribution < -0.4 is 5.56 Å². The van der Waals surface area contributed by atoms with E-state index in [1.807, 2.05) is 53.2 Å². The second kappa shape index (κ2) is 3.38. The maximum atomic E-state index is 11.6. The molecule has 0 fully saturated rings. The first-order valence-corrected chi connectivity index (χ1v) is 5.10. The molecule has 0 unspecified atom stereocenters. The lowest BCUT2D eigenvalue weighted by atomic mass is 10.3. The van der Waals surface area contributed by atoms with Gasteiger partial charge in [-0.3, -0.25) is 4.79 Å². The van der Waals surface area contributed by atoms with Gasteiger partial charge in [0, 0.05) is 18.1 Å². The average molecular weight is 210 g/mol. The van der Waals surface area contributed by atoms with Gasteiger partial charge in [-0.1, -0.05) is 18.2 Å². The van der Waals surface area contributed by atoms with Gasteiger partial charge in [0.25, 0.3) is 5.56 Å². The van der Waals surface area contributed by atoms with Gasteiger partial charge in [-0.25, -0.2) is 0 Å². The molecule has 0 aliphatic carbocycles. The summed E-state index contributed by atoms with van der Waals surface area (Å²) in [6.45, 7) is 0. The summed E-state index contributed by atoms with van der Waals surface area (Å²) in [5.74, 6) is 0. The highest BCUT2D eigenvalue weighted by Gasteiger charge is 2.04. The van der Waals surface area contributed by atoms with E-state index in [1.54, 1.807) is 6.20 Å². The molecule has 2 heterocycles. The van der Waals surface area contributed by atoms with Gasteiger partial charge in [-0.15, -0.1) is 0 Å². The van der Waals surface area contributed by atoms with Gasteiger partial charge < -0.3 is 9.55 Å². The molecule has 0 bridgehead atoms. The Morgan fingerprint density at radius 1 is 1.00 bits per heavy atom. The number of hydrogen-bond donors (Lipinski definition) is 1. The number of rotatable bonds is 1. The predicted molar refractivity (Wildman–Crippen MR) is 63.9 cm³/mol. The molecule has 0 saturated carbocycles. The molecule has 1 aromatic carbocycles. The van der Waals surface area contributed by atoms with Crippen LogP contribution in [0.15, 0.2) is 59.7 Å². The van der Waals surface area contributed by atoms with Gasteiger partial charge >= 0.3 is 0 Å². The maximum Gasteiger partial charge on any atom is 0.257 e. The molecule has 3 aromatic rings. The Bertz CT molecular complexity index is 680. The first kappa shape index (κ1) is 8.97. The smallest absolute Gasteiger partial charge is 0.257 e. The van der Waals surface area contributed by atoms with Crippen LogP contribution in [0.2, 0.25) is 0 Å². The summed E-state index contributed by atoms with van der Waals surface area (Å²) in [6.07, 6.45) is 3.58. The van der Waals surface area contributed by atoms with Gasteiger partial charge in [-0.2, -0.15) is 0 Å². The summed E-state index contributed by atoms with van der Waals surface area (Å²) in [4.78, 5) is 14.2. The van der Waals surface area contributed by atoms with Crippen LogP contribution in [0.5, 0.6) is 0 Å². The van der Waals surface area contributed by atoms with Crippen LogP contribution in [0.1, 0.15) is 0 Å². The lowest BCUT2D eigenvalue weighted by Gasteiger charge is -2.03. The highest BCUT2D eigenvalue weighted by atomic mass is 16.1. The fraction of sp³-hybridized carbons (Fsp3) is 0. The molecular formula is C13H10N2O. The molecule has 2 aromatic heterocycles. The van der Waals surface area contributed by atoms with E-state index in [1.165, 1.54) is 0 Å². The summed E-state index contributed by atoms with van der Waals surface area (Å²) >= 11 is 0. The second-order valence-corrected chi connectivity index (χ2v) is 3.63. The Balaban J connectivity index is 2.34. The molecular weight excluding hydrogens is 200 g/mol. The summed E-state index contributed by atoms with van der Waals surface area (Å²) in [5, 5.41) is 0.714. The van der Waals surface area contributed by atoms with E-state index in [9.17, 15) is 4.79 Å². The van der Waals surface area contributed by atoms with Crippen molar-refractivity contribution in [3.05, 3.63) is 65.2 Å². The standard InChI is InChI=1S/C13H10N2O/c16-13-11-7-9-15(12(11)6-8-14-13)10-4-2-1-3-5-10/h1-9H,(H,14,16). The van der Waals surface area contributed by atoms with Gasteiger partial charge in [-0.05, 0) is 24.3 Å². The molecule has 0 amide bonds. The minimum atomic E-state index is -0.0489. The number of fused-ring (bicyclic) bond motifs is 1. The Labute approximate surface area is 92.0 Å². The minimum Gasteiger partial charge on any atom is -0.328 e. The van der Waals surface area contributed by atoms with Crippen molar-refractivity contribution >= 4 is 10.9 Å². The molecule has 78 valence electrons. The lowest BCUT2D eigenvalue weighted by molar-refractivity contribution is 1.12. The van der Waals surface area contributed by atoms with E-state index in [4.69, 9.17) is 0 Å². The van der Waals surface area contributed by atoms with Gasteiger partial charge in [0.15, 0.2) is 0 Å². The van der Waals surface area contributed by atoms with Crippen molar-refractivity contribution in [1.82, 2.24) is 9.55 Å². The third kappa shape index (κ3) is 1.26. The van der Waals surface area contributed by atoms with Crippen molar-refractivity contribution in [2.45, 2.75) is 0 Å². The van der Waals surface area contributed by atoms with Crippen LogP contribution in [0.25, 0.3) is 16.6 Å². The van der Waals surface area contributed by atoms with Crippen molar-refractivity contribution in [3.63, 3.8) is 0 Å². The highest BCUT2D eigenvalue weighted by Crippen LogP contribution is 2.16. The number of aromatic nitrogens is 2. The largest absolute Gasteiger partial charge is 0.328 e. The molecule has 3 rings (SSSR count). The third-order valence-electron chi connectivity index (χ3n) is 2.66. The summed E-state index contributed by atoms with van der Waals surface area (Å²) in [6, 6.07) is 13.7. The van der Waals surface area contributed by atoms with Crippen LogP contribution in [0, 0.1) is 0 Å².